The minimum Gasteiger partial charge on any atom is -0.354 e. The number of nitrogens with one attached hydrogen (secondary N) is 1. The summed E-state index contributed by atoms with van der Waals surface area (Å²) in [5.41, 5.74) is 0.795. The molecule has 3 atom stereocenters. The highest BCUT2D eigenvalue weighted by atomic mass is 16.2. The largest absolute Gasteiger partial charge is 0.354 e. The summed E-state index contributed by atoms with van der Waals surface area (Å²) in [5, 5.41) is 12.3. The van der Waals surface area contributed by atoms with Gasteiger partial charge in [0.05, 0.1) is 11.1 Å². The van der Waals surface area contributed by atoms with E-state index in [4.69, 9.17) is 0 Å². The molecule has 2 aliphatic rings. The van der Waals surface area contributed by atoms with E-state index in [2.05, 4.69) is 18.2 Å². The second-order valence-corrected chi connectivity index (χ2v) is 7.73. The number of hydrogen-bond donors (Lipinski definition) is 1. The lowest BCUT2D eigenvalue weighted by Gasteiger charge is -2.20. The Labute approximate surface area is 160 Å². The molecule has 1 N–H and O–H groups in total. The molecule has 1 saturated heterocycles. The molecule has 0 aromatic heterocycles. The average molecular weight is 365 g/mol. The molecule has 6 nitrogen and oxygen atoms in total. The van der Waals surface area contributed by atoms with Gasteiger partial charge in [-0.1, -0.05) is 37.7 Å². The van der Waals surface area contributed by atoms with E-state index in [9.17, 15) is 19.6 Å². The van der Waals surface area contributed by atoms with Crippen molar-refractivity contribution in [2.45, 2.75) is 57.2 Å². The van der Waals surface area contributed by atoms with E-state index in [1.165, 1.54) is 0 Å². The number of imide groups is 1. The van der Waals surface area contributed by atoms with Gasteiger partial charge >= 0.3 is 0 Å². The number of carbonyl (C=O) groups excluding carboxylic acids is 3. The van der Waals surface area contributed by atoms with Crippen LogP contribution in [0, 0.1) is 11.2 Å². The molecule has 0 saturated carbocycles. The Morgan fingerprint density at radius 3 is 2.52 bits per heavy atom. The van der Waals surface area contributed by atoms with Crippen LogP contribution >= 0.6 is 0 Å². The molecular weight excluding hydrogens is 341 g/mol. The summed E-state index contributed by atoms with van der Waals surface area (Å²) in [6.07, 6.45) is 2.94. The fraction of sp³-hybridized carbons (Fsp3) is 0.500. The molecule has 0 bridgehead atoms. The molecule has 2 heterocycles. The maximum Gasteiger partial charge on any atom is 0.273 e. The Kier molecular flexibility index (Phi) is 5.64. The Bertz CT molecular complexity index is 769. The summed E-state index contributed by atoms with van der Waals surface area (Å²) < 4.78 is 0. The quantitative estimate of drug-likeness (QED) is 0.620. The van der Waals surface area contributed by atoms with Crippen LogP contribution in [0.25, 0.3) is 0 Å². The van der Waals surface area contributed by atoms with Gasteiger partial charge in [-0.05, 0) is 31.3 Å². The predicted molar refractivity (Wildman–Crippen MR) is 102 cm³/mol. The molecule has 2 aliphatic heterocycles. The Morgan fingerprint density at radius 1 is 1.30 bits per heavy atom. The molecule has 3 rings (SSSR count). The SMILES string of the molecule is CC(CC1CCC(C)B1C#N)NC(=O)CCN1C(=O)c2ccccc2C1=O. The molecule has 0 radical (unpaired) electrons. The number of fused-ring (bicyclic) bond motifs is 1. The van der Waals surface area contributed by atoms with Gasteiger partial charge < -0.3 is 5.32 Å². The zero-order chi connectivity index (χ0) is 19.6. The molecule has 7 heteroatoms. The highest BCUT2D eigenvalue weighted by Gasteiger charge is 2.38. The van der Waals surface area contributed by atoms with Gasteiger partial charge in [-0.25, -0.2) is 5.26 Å². The van der Waals surface area contributed by atoms with E-state index >= 15 is 0 Å². The van der Waals surface area contributed by atoms with Crippen LogP contribution in [0.15, 0.2) is 24.3 Å². The number of benzene rings is 1. The van der Waals surface area contributed by atoms with Crippen LogP contribution in [0.4, 0.5) is 0 Å². The molecular formula is C20H24BN3O3. The lowest BCUT2D eigenvalue weighted by molar-refractivity contribution is -0.121. The standard InChI is InChI=1S/C20H24BN3O3/c1-13-7-8-15(21(13)12-22)11-14(2)23-18(25)9-10-24-19(26)16-5-3-4-6-17(16)20(24)27/h3-6,13-15H,7-11H2,1-2H3,(H,23,25). The zero-order valence-electron chi connectivity index (χ0n) is 15.8. The maximum absolute atomic E-state index is 12.3. The van der Waals surface area contributed by atoms with Crippen molar-refractivity contribution in [1.29, 1.82) is 5.26 Å². The Morgan fingerprint density at radius 2 is 1.93 bits per heavy atom. The van der Waals surface area contributed by atoms with E-state index in [-0.39, 0.29) is 43.4 Å². The van der Waals surface area contributed by atoms with E-state index in [0.717, 1.165) is 24.2 Å². The number of amides is 3. The van der Waals surface area contributed by atoms with E-state index in [1.807, 2.05) is 6.92 Å². The summed E-state index contributed by atoms with van der Waals surface area (Å²) in [5.74, 6) is 2.28. The topological polar surface area (TPSA) is 90.3 Å². The summed E-state index contributed by atoms with van der Waals surface area (Å²) in [7, 11) is 0. The smallest absolute Gasteiger partial charge is 0.273 e. The molecule has 3 unspecified atom stereocenters. The van der Waals surface area contributed by atoms with Crippen LogP contribution < -0.4 is 5.32 Å². The van der Waals surface area contributed by atoms with Crippen LogP contribution in [0.2, 0.25) is 11.6 Å². The van der Waals surface area contributed by atoms with Gasteiger partial charge in [-0.15, -0.1) is 0 Å². The van der Waals surface area contributed by atoms with Gasteiger partial charge in [0, 0.05) is 25.0 Å². The molecule has 1 fully saturated rings. The van der Waals surface area contributed by atoms with E-state index < -0.39 is 0 Å². The van der Waals surface area contributed by atoms with E-state index in [1.54, 1.807) is 24.3 Å². The number of rotatable bonds is 6. The van der Waals surface area contributed by atoms with Gasteiger partial charge in [0.15, 0.2) is 0 Å². The first-order chi connectivity index (χ1) is 12.9. The van der Waals surface area contributed by atoms with Crippen molar-refractivity contribution < 1.29 is 14.4 Å². The number of nitriles is 1. The van der Waals surface area contributed by atoms with Crippen LogP contribution in [0.5, 0.6) is 0 Å². The summed E-state index contributed by atoms with van der Waals surface area (Å²) in [6.45, 7) is 4.19. The molecule has 3 amide bonds. The van der Waals surface area contributed by atoms with Crippen LogP contribution in [-0.4, -0.2) is 41.9 Å². The second-order valence-electron chi connectivity index (χ2n) is 7.73. The summed E-state index contributed by atoms with van der Waals surface area (Å²) in [4.78, 5) is 38.0. The second kappa shape index (κ2) is 7.95. The van der Waals surface area contributed by atoms with Gasteiger partial charge in [0.2, 0.25) is 5.91 Å². The molecule has 1 aromatic carbocycles. The van der Waals surface area contributed by atoms with E-state index in [0.29, 0.717) is 22.8 Å². The first-order valence-corrected chi connectivity index (χ1v) is 9.56. The highest BCUT2D eigenvalue weighted by Crippen LogP contribution is 2.40. The van der Waals surface area contributed by atoms with Crippen LogP contribution in [0.3, 0.4) is 0 Å². The van der Waals surface area contributed by atoms with Crippen molar-refractivity contribution in [1.82, 2.24) is 10.2 Å². The zero-order valence-corrected chi connectivity index (χ0v) is 15.8. The minimum absolute atomic E-state index is 0.0363. The van der Waals surface area contributed by atoms with Crippen molar-refractivity contribution in [3.8, 4) is 5.97 Å². The predicted octanol–water partition coefficient (Wildman–Crippen LogP) is 2.68. The van der Waals surface area contributed by atoms with Crippen molar-refractivity contribution in [2.75, 3.05) is 6.54 Å². The fourth-order valence-electron chi connectivity index (χ4n) is 4.31. The van der Waals surface area contributed by atoms with Gasteiger partial charge in [0.25, 0.3) is 18.5 Å². The third-order valence-electron chi connectivity index (χ3n) is 5.77. The summed E-state index contributed by atoms with van der Waals surface area (Å²) >= 11 is 0. The lowest BCUT2D eigenvalue weighted by Crippen LogP contribution is -2.38. The van der Waals surface area contributed by atoms with Gasteiger partial charge in [-0.3, -0.25) is 19.3 Å². The first kappa shape index (κ1) is 19.2. The first-order valence-electron chi connectivity index (χ1n) is 9.56. The minimum atomic E-state index is -0.340. The maximum atomic E-state index is 12.3. The average Bonchev–Trinajstić information content (AvgIpc) is 3.11. The van der Waals surface area contributed by atoms with Crippen molar-refractivity contribution in [3.05, 3.63) is 35.4 Å². The molecule has 140 valence electrons. The van der Waals surface area contributed by atoms with Crippen LogP contribution in [-0.2, 0) is 4.79 Å². The monoisotopic (exact) mass is 365 g/mol. The van der Waals surface area contributed by atoms with Gasteiger partial charge in [-0.2, -0.15) is 0 Å². The third kappa shape index (κ3) is 3.90. The highest BCUT2D eigenvalue weighted by molar-refractivity contribution is 6.70. The molecule has 1 aromatic rings. The Hall–Kier alpha value is -2.62. The number of nitrogens with zero attached hydrogens (tertiary/aromatic N) is 2. The van der Waals surface area contributed by atoms with Crippen molar-refractivity contribution in [2.24, 2.45) is 0 Å². The van der Waals surface area contributed by atoms with Crippen LogP contribution in [0.1, 0.15) is 60.2 Å². The molecule has 0 aliphatic carbocycles. The number of hydrogen-bond acceptors (Lipinski definition) is 4. The lowest BCUT2D eigenvalue weighted by atomic mass is 9.38. The normalized spacial score (nSPS) is 22.6. The third-order valence-corrected chi connectivity index (χ3v) is 5.77. The van der Waals surface area contributed by atoms with Gasteiger partial charge in [0.1, 0.15) is 0 Å². The van der Waals surface area contributed by atoms with Crippen molar-refractivity contribution in [3.63, 3.8) is 0 Å². The molecule has 27 heavy (non-hydrogen) atoms. The van der Waals surface area contributed by atoms with Crippen molar-refractivity contribution >= 4 is 24.4 Å². The fourth-order valence-corrected chi connectivity index (χ4v) is 4.31. The molecule has 0 spiro atoms. The summed E-state index contributed by atoms with van der Waals surface area (Å²) in [6, 6.07) is 6.67. The Balaban J connectivity index is 1.48. The number of carbonyl (C=O) groups is 3.